The van der Waals surface area contributed by atoms with Crippen LogP contribution in [0.15, 0.2) is 72.8 Å². The molecule has 1 heterocycles. The smallest absolute Gasteiger partial charge is 0.255 e. The lowest BCUT2D eigenvalue weighted by Crippen LogP contribution is -2.13. The molecule has 1 N–H and O–H groups in total. The number of para-hydroxylation sites is 1. The summed E-state index contributed by atoms with van der Waals surface area (Å²) in [6.45, 7) is 1.94. The Bertz CT molecular complexity index is 1020. The van der Waals surface area contributed by atoms with E-state index >= 15 is 0 Å². The van der Waals surface area contributed by atoms with Crippen LogP contribution in [0.3, 0.4) is 0 Å². The van der Waals surface area contributed by atoms with Crippen molar-refractivity contribution in [3.05, 3.63) is 83.9 Å². The second-order valence-electron chi connectivity index (χ2n) is 5.83. The van der Waals surface area contributed by atoms with Crippen molar-refractivity contribution < 1.29 is 4.79 Å². The average Bonchev–Trinajstić information content (AvgIpc) is 3.07. The number of hydrogen-bond acceptors (Lipinski definition) is 3. The Hall–Kier alpha value is -2.98. The number of rotatable bonds is 3. The normalized spacial score (nSPS) is 10.8. The van der Waals surface area contributed by atoms with E-state index in [1.54, 1.807) is 11.3 Å². The van der Waals surface area contributed by atoms with Gasteiger partial charge in [0.15, 0.2) is 0 Å². The maximum Gasteiger partial charge on any atom is 0.255 e. The molecule has 25 heavy (non-hydrogen) atoms. The van der Waals surface area contributed by atoms with E-state index in [4.69, 9.17) is 0 Å². The van der Waals surface area contributed by atoms with Crippen molar-refractivity contribution in [2.24, 2.45) is 0 Å². The van der Waals surface area contributed by atoms with Crippen molar-refractivity contribution >= 4 is 33.1 Å². The van der Waals surface area contributed by atoms with Crippen molar-refractivity contribution in [1.82, 2.24) is 4.98 Å². The minimum absolute atomic E-state index is 0.0918. The summed E-state index contributed by atoms with van der Waals surface area (Å²) in [7, 11) is 0. The highest BCUT2D eigenvalue weighted by atomic mass is 32.1. The number of nitrogens with zero attached hydrogens (tertiary/aromatic N) is 1. The number of nitrogens with one attached hydrogen (secondary N) is 1. The van der Waals surface area contributed by atoms with Crippen molar-refractivity contribution in [3.8, 4) is 10.6 Å². The summed E-state index contributed by atoms with van der Waals surface area (Å²) in [5.74, 6) is -0.0918. The topological polar surface area (TPSA) is 42.0 Å². The standard InChI is InChI=1S/C21H16N2OS/c1-14-6-2-3-7-17(14)20(24)22-16-12-10-15(11-13-16)21-23-18-8-4-5-9-19(18)25-21/h2-13H,1H3,(H,22,24). The molecular formula is C21H16N2OS. The highest BCUT2D eigenvalue weighted by Crippen LogP contribution is 2.30. The summed E-state index contributed by atoms with van der Waals surface area (Å²) in [5.41, 5.74) is 4.50. The van der Waals surface area contributed by atoms with Gasteiger partial charge in [0.25, 0.3) is 5.91 Å². The molecule has 4 aromatic rings. The van der Waals surface area contributed by atoms with Crippen molar-refractivity contribution in [2.75, 3.05) is 5.32 Å². The van der Waals surface area contributed by atoms with Crippen LogP contribution < -0.4 is 5.32 Å². The molecule has 0 radical (unpaired) electrons. The first-order valence-electron chi connectivity index (χ1n) is 8.04. The number of anilines is 1. The SMILES string of the molecule is Cc1ccccc1C(=O)Nc1ccc(-c2nc3ccccc3s2)cc1. The molecule has 1 aromatic heterocycles. The lowest BCUT2D eigenvalue weighted by atomic mass is 10.1. The molecule has 1 amide bonds. The second-order valence-corrected chi connectivity index (χ2v) is 6.86. The summed E-state index contributed by atoms with van der Waals surface area (Å²) < 4.78 is 1.18. The predicted molar refractivity (Wildman–Crippen MR) is 104 cm³/mol. The minimum atomic E-state index is -0.0918. The van der Waals surface area contributed by atoms with Gasteiger partial charge in [-0.25, -0.2) is 4.98 Å². The maximum absolute atomic E-state index is 12.4. The molecule has 4 rings (SSSR count). The Morgan fingerprint density at radius 3 is 2.40 bits per heavy atom. The Morgan fingerprint density at radius 1 is 0.920 bits per heavy atom. The molecule has 0 aliphatic heterocycles. The van der Waals surface area contributed by atoms with Crippen LogP contribution >= 0.6 is 11.3 Å². The summed E-state index contributed by atoms with van der Waals surface area (Å²) in [6, 6.07) is 23.5. The fourth-order valence-corrected chi connectivity index (χ4v) is 3.69. The lowest BCUT2D eigenvalue weighted by molar-refractivity contribution is 0.102. The summed E-state index contributed by atoms with van der Waals surface area (Å²) in [6.07, 6.45) is 0. The quantitative estimate of drug-likeness (QED) is 0.531. The highest BCUT2D eigenvalue weighted by molar-refractivity contribution is 7.21. The third kappa shape index (κ3) is 3.16. The van der Waals surface area contributed by atoms with Gasteiger partial charge in [0, 0.05) is 16.8 Å². The number of fused-ring (bicyclic) bond motifs is 1. The molecule has 0 bridgehead atoms. The molecule has 0 saturated heterocycles. The van der Waals surface area contributed by atoms with Crippen LogP contribution in [0.2, 0.25) is 0 Å². The Balaban J connectivity index is 1.56. The first-order valence-corrected chi connectivity index (χ1v) is 8.85. The zero-order valence-electron chi connectivity index (χ0n) is 13.7. The van der Waals surface area contributed by atoms with Gasteiger partial charge < -0.3 is 5.32 Å². The van der Waals surface area contributed by atoms with Crippen LogP contribution in [0, 0.1) is 6.92 Å². The number of thiazole rings is 1. The van der Waals surface area contributed by atoms with Crippen molar-refractivity contribution in [1.29, 1.82) is 0 Å². The van der Waals surface area contributed by atoms with E-state index in [0.717, 1.165) is 27.3 Å². The molecule has 3 nitrogen and oxygen atoms in total. The first-order chi connectivity index (χ1) is 12.2. The van der Waals surface area contributed by atoms with Crippen LogP contribution in [-0.4, -0.2) is 10.9 Å². The van der Waals surface area contributed by atoms with E-state index in [2.05, 4.69) is 16.4 Å². The monoisotopic (exact) mass is 344 g/mol. The van der Waals surface area contributed by atoms with E-state index in [9.17, 15) is 4.79 Å². The molecule has 122 valence electrons. The Morgan fingerprint density at radius 2 is 1.64 bits per heavy atom. The molecule has 4 heteroatoms. The molecule has 0 atom stereocenters. The third-order valence-electron chi connectivity index (χ3n) is 4.07. The van der Waals surface area contributed by atoms with Gasteiger partial charge in [0.2, 0.25) is 0 Å². The highest BCUT2D eigenvalue weighted by Gasteiger charge is 2.09. The van der Waals surface area contributed by atoms with E-state index < -0.39 is 0 Å². The molecule has 0 aliphatic carbocycles. The number of carbonyl (C=O) groups is 1. The number of benzene rings is 3. The minimum Gasteiger partial charge on any atom is -0.322 e. The molecule has 0 saturated carbocycles. The van der Waals surface area contributed by atoms with Gasteiger partial charge in [-0.2, -0.15) is 0 Å². The van der Waals surface area contributed by atoms with Gasteiger partial charge >= 0.3 is 0 Å². The number of amides is 1. The maximum atomic E-state index is 12.4. The molecule has 0 unspecified atom stereocenters. The molecule has 3 aromatic carbocycles. The van der Waals surface area contributed by atoms with E-state index in [1.807, 2.05) is 73.7 Å². The predicted octanol–water partition coefficient (Wildman–Crippen LogP) is 5.52. The largest absolute Gasteiger partial charge is 0.322 e. The van der Waals surface area contributed by atoms with Crippen LogP contribution in [0.1, 0.15) is 15.9 Å². The molecule has 0 fully saturated rings. The van der Waals surface area contributed by atoms with Crippen molar-refractivity contribution in [2.45, 2.75) is 6.92 Å². The average molecular weight is 344 g/mol. The first kappa shape index (κ1) is 15.5. The fourth-order valence-electron chi connectivity index (χ4n) is 2.72. The zero-order valence-corrected chi connectivity index (χ0v) is 14.5. The number of aryl methyl sites for hydroxylation is 1. The van der Waals surface area contributed by atoms with Gasteiger partial charge in [0.05, 0.1) is 10.2 Å². The number of hydrogen-bond donors (Lipinski definition) is 1. The van der Waals surface area contributed by atoms with Gasteiger partial charge in [-0.15, -0.1) is 11.3 Å². The summed E-state index contributed by atoms with van der Waals surface area (Å²) >= 11 is 1.67. The molecule has 0 spiro atoms. The second kappa shape index (κ2) is 6.49. The van der Waals surface area contributed by atoms with Crippen LogP contribution in [0.5, 0.6) is 0 Å². The van der Waals surface area contributed by atoms with Crippen LogP contribution in [0.4, 0.5) is 5.69 Å². The Labute approximate surface area is 150 Å². The Kier molecular flexibility index (Phi) is 4.04. The van der Waals surface area contributed by atoms with Crippen LogP contribution in [-0.2, 0) is 0 Å². The van der Waals surface area contributed by atoms with E-state index in [1.165, 1.54) is 4.70 Å². The van der Waals surface area contributed by atoms with Gasteiger partial charge in [-0.1, -0.05) is 30.3 Å². The van der Waals surface area contributed by atoms with Gasteiger partial charge in [-0.3, -0.25) is 4.79 Å². The number of carbonyl (C=O) groups excluding carboxylic acids is 1. The van der Waals surface area contributed by atoms with Crippen molar-refractivity contribution in [3.63, 3.8) is 0 Å². The zero-order chi connectivity index (χ0) is 17.2. The third-order valence-corrected chi connectivity index (χ3v) is 5.16. The van der Waals surface area contributed by atoms with E-state index in [0.29, 0.717) is 5.56 Å². The van der Waals surface area contributed by atoms with Gasteiger partial charge in [-0.05, 0) is 55.0 Å². The summed E-state index contributed by atoms with van der Waals surface area (Å²) in [4.78, 5) is 17.0. The lowest BCUT2D eigenvalue weighted by Gasteiger charge is -2.08. The number of aromatic nitrogens is 1. The molecule has 0 aliphatic rings. The van der Waals surface area contributed by atoms with Gasteiger partial charge in [0.1, 0.15) is 5.01 Å². The summed E-state index contributed by atoms with van der Waals surface area (Å²) in [5, 5.41) is 3.93. The fraction of sp³-hybridized carbons (Fsp3) is 0.0476. The van der Waals surface area contributed by atoms with Crippen LogP contribution in [0.25, 0.3) is 20.8 Å². The van der Waals surface area contributed by atoms with E-state index in [-0.39, 0.29) is 5.91 Å². The molecular weight excluding hydrogens is 328 g/mol.